The topological polar surface area (TPSA) is 84.3 Å². The predicted octanol–water partition coefficient (Wildman–Crippen LogP) is 3.11. The minimum Gasteiger partial charge on any atom is -0.497 e. The molecule has 0 aliphatic rings. The molecule has 0 saturated carbocycles. The van der Waals surface area contributed by atoms with Crippen molar-refractivity contribution >= 4 is 16.7 Å². The first kappa shape index (κ1) is 15.9. The van der Waals surface area contributed by atoms with Crippen molar-refractivity contribution in [2.45, 2.75) is 13.1 Å². The first-order chi connectivity index (χ1) is 11.5. The second kappa shape index (κ2) is 6.67. The number of non-ortho nitro benzene ring substituents is 1. The summed E-state index contributed by atoms with van der Waals surface area (Å²) in [7, 11) is 3.65. The number of nitrogens with zero attached hydrogens (tertiary/aromatic N) is 3. The van der Waals surface area contributed by atoms with Crippen molar-refractivity contribution in [3.05, 3.63) is 64.0 Å². The molecule has 2 aromatic carbocycles. The van der Waals surface area contributed by atoms with Crippen molar-refractivity contribution in [3.63, 3.8) is 0 Å². The number of aromatic amines is 1. The molecule has 0 amide bonds. The smallest absolute Gasteiger partial charge is 0.271 e. The molecule has 3 aromatic rings. The number of benzene rings is 2. The molecule has 0 bridgehead atoms. The molecule has 0 unspecified atom stereocenters. The van der Waals surface area contributed by atoms with E-state index < -0.39 is 4.92 Å². The first-order valence-corrected chi connectivity index (χ1v) is 7.49. The van der Waals surface area contributed by atoms with Gasteiger partial charge in [-0.2, -0.15) is 0 Å². The highest BCUT2D eigenvalue weighted by atomic mass is 16.6. The van der Waals surface area contributed by atoms with Gasteiger partial charge in [0.25, 0.3) is 5.69 Å². The van der Waals surface area contributed by atoms with Crippen LogP contribution in [0.3, 0.4) is 0 Å². The van der Waals surface area contributed by atoms with E-state index in [9.17, 15) is 10.1 Å². The summed E-state index contributed by atoms with van der Waals surface area (Å²) >= 11 is 0. The lowest BCUT2D eigenvalue weighted by atomic mass is 10.2. The average molecular weight is 326 g/mol. The highest BCUT2D eigenvalue weighted by molar-refractivity contribution is 5.77. The fraction of sp³-hybridized carbons (Fsp3) is 0.235. The van der Waals surface area contributed by atoms with E-state index in [2.05, 4.69) is 14.9 Å². The minimum atomic E-state index is -0.407. The number of H-pyrrole nitrogens is 1. The normalized spacial score (nSPS) is 11.1. The molecule has 0 spiro atoms. The Morgan fingerprint density at radius 3 is 2.62 bits per heavy atom. The van der Waals surface area contributed by atoms with Crippen LogP contribution in [0.25, 0.3) is 11.0 Å². The van der Waals surface area contributed by atoms with E-state index in [1.807, 2.05) is 31.3 Å². The zero-order valence-electron chi connectivity index (χ0n) is 13.5. The van der Waals surface area contributed by atoms with Gasteiger partial charge >= 0.3 is 0 Å². The maximum Gasteiger partial charge on any atom is 0.271 e. The summed E-state index contributed by atoms with van der Waals surface area (Å²) in [5, 5.41) is 10.8. The van der Waals surface area contributed by atoms with Gasteiger partial charge in [-0.15, -0.1) is 0 Å². The lowest BCUT2D eigenvalue weighted by Gasteiger charge is -2.15. The second-order valence-electron chi connectivity index (χ2n) is 5.66. The Morgan fingerprint density at radius 1 is 1.21 bits per heavy atom. The highest BCUT2D eigenvalue weighted by Gasteiger charge is 2.11. The number of hydrogen-bond acceptors (Lipinski definition) is 5. The van der Waals surface area contributed by atoms with Crippen LogP contribution in [0.5, 0.6) is 5.75 Å². The zero-order chi connectivity index (χ0) is 17.1. The van der Waals surface area contributed by atoms with Crippen LogP contribution >= 0.6 is 0 Å². The van der Waals surface area contributed by atoms with E-state index in [1.54, 1.807) is 13.2 Å². The summed E-state index contributed by atoms with van der Waals surface area (Å²) in [4.78, 5) is 20.2. The summed E-state index contributed by atoms with van der Waals surface area (Å²) < 4.78 is 5.15. The molecule has 24 heavy (non-hydrogen) atoms. The van der Waals surface area contributed by atoms with Gasteiger partial charge in [0.2, 0.25) is 0 Å². The van der Waals surface area contributed by atoms with Crippen molar-refractivity contribution in [1.82, 2.24) is 14.9 Å². The number of nitro benzene ring substituents is 1. The third-order valence-corrected chi connectivity index (χ3v) is 3.76. The molecule has 0 fully saturated rings. The van der Waals surface area contributed by atoms with Crippen LogP contribution in [0.2, 0.25) is 0 Å². The summed E-state index contributed by atoms with van der Waals surface area (Å²) in [6.07, 6.45) is 0. The number of nitro groups is 1. The van der Waals surface area contributed by atoms with Crippen LogP contribution in [0.15, 0.2) is 42.5 Å². The number of rotatable bonds is 6. The Balaban J connectivity index is 1.70. The summed E-state index contributed by atoms with van der Waals surface area (Å²) in [6, 6.07) is 12.6. The molecule has 0 radical (unpaired) electrons. The van der Waals surface area contributed by atoms with Gasteiger partial charge in [-0.05, 0) is 30.8 Å². The van der Waals surface area contributed by atoms with Crippen molar-refractivity contribution < 1.29 is 9.66 Å². The van der Waals surface area contributed by atoms with Gasteiger partial charge in [-0.25, -0.2) is 4.98 Å². The van der Waals surface area contributed by atoms with Crippen LogP contribution in [0, 0.1) is 10.1 Å². The molecule has 0 atom stereocenters. The zero-order valence-corrected chi connectivity index (χ0v) is 13.5. The Kier molecular flexibility index (Phi) is 4.43. The van der Waals surface area contributed by atoms with E-state index in [0.717, 1.165) is 23.6 Å². The number of methoxy groups -OCH3 is 1. The van der Waals surface area contributed by atoms with Crippen LogP contribution in [-0.4, -0.2) is 33.9 Å². The molecule has 0 aliphatic heterocycles. The third kappa shape index (κ3) is 3.52. The number of aromatic nitrogens is 2. The third-order valence-electron chi connectivity index (χ3n) is 3.76. The van der Waals surface area contributed by atoms with Crippen LogP contribution in [0.1, 0.15) is 11.4 Å². The number of fused-ring (bicyclic) bond motifs is 1. The van der Waals surface area contributed by atoms with Crippen LogP contribution < -0.4 is 4.74 Å². The largest absolute Gasteiger partial charge is 0.497 e. The van der Waals surface area contributed by atoms with Crippen LogP contribution in [-0.2, 0) is 13.1 Å². The number of imidazole rings is 1. The van der Waals surface area contributed by atoms with Crippen molar-refractivity contribution in [2.24, 2.45) is 0 Å². The van der Waals surface area contributed by atoms with E-state index in [0.29, 0.717) is 12.1 Å². The summed E-state index contributed by atoms with van der Waals surface area (Å²) in [6.45, 7) is 1.38. The van der Waals surface area contributed by atoms with Crippen molar-refractivity contribution in [3.8, 4) is 5.75 Å². The molecule has 124 valence electrons. The number of nitrogens with one attached hydrogen (secondary N) is 1. The predicted molar refractivity (Wildman–Crippen MR) is 90.9 cm³/mol. The fourth-order valence-electron chi connectivity index (χ4n) is 2.59. The molecule has 0 aliphatic carbocycles. The highest BCUT2D eigenvalue weighted by Crippen LogP contribution is 2.19. The quantitative estimate of drug-likeness (QED) is 0.556. The Bertz CT molecular complexity index is 858. The van der Waals surface area contributed by atoms with Gasteiger partial charge in [-0.3, -0.25) is 15.0 Å². The fourth-order valence-corrected chi connectivity index (χ4v) is 2.59. The lowest BCUT2D eigenvalue weighted by Crippen LogP contribution is -2.18. The van der Waals surface area contributed by atoms with Gasteiger partial charge in [0.15, 0.2) is 0 Å². The monoisotopic (exact) mass is 326 g/mol. The minimum absolute atomic E-state index is 0.0595. The Morgan fingerprint density at radius 2 is 1.96 bits per heavy atom. The van der Waals surface area contributed by atoms with E-state index in [-0.39, 0.29) is 5.69 Å². The van der Waals surface area contributed by atoms with Gasteiger partial charge < -0.3 is 9.72 Å². The standard InChI is InChI=1S/C17H18N4O3/c1-20(10-12-3-6-14(24-2)7-4-12)11-17-18-15-8-5-13(21(22)23)9-16(15)19-17/h3-9H,10-11H2,1-2H3,(H,18,19). The molecule has 7 nitrogen and oxygen atoms in total. The van der Waals surface area contributed by atoms with E-state index in [4.69, 9.17) is 4.74 Å². The lowest BCUT2D eigenvalue weighted by molar-refractivity contribution is -0.384. The molecule has 1 heterocycles. The Labute approximate surface area is 139 Å². The van der Waals surface area contributed by atoms with Crippen molar-refractivity contribution in [2.75, 3.05) is 14.2 Å². The molecule has 0 saturated heterocycles. The maximum atomic E-state index is 10.8. The Hall–Kier alpha value is -2.93. The number of hydrogen-bond donors (Lipinski definition) is 1. The van der Waals surface area contributed by atoms with Gasteiger partial charge in [0, 0.05) is 18.7 Å². The van der Waals surface area contributed by atoms with E-state index >= 15 is 0 Å². The first-order valence-electron chi connectivity index (χ1n) is 7.49. The SMILES string of the molecule is COc1ccc(CN(C)Cc2nc3ccc([N+](=O)[O-])cc3[nH]2)cc1. The molecule has 1 N–H and O–H groups in total. The second-order valence-corrected chi connectivity index (χ2v) is 5.66. The van der Waals surface area contributed by atoms with Gasteiger partial charge in [0.05, 0.1) is 29.6 Å². The molecule has 7 heteroatoms. The number of ether oxygens (including phenoxy) is 1. The molecule has 1 aromatic heterocycles. The van der Waals surface area contributed by atoms with Crippen LogP contribution in [0.4, 0.5) is 5.69 Å². The van der Waals surface area contributed by atoms with Gasteiger partial charge in [0.1, 0.15) is 11.6 Å². The van der Waals surface area contributed by atoms with Crippen molar-refractivity contribution in [1.29, 1.82) is 0 Å². The van der Waals surface area contributed by atoms with E-state index in [1.165, 1.54) is 17.7 Å². The van der Waals surface area contributed by atoms with Gasteiger partial charge in [-0.1, -0.05) is 12.1 Å². The summed E-state index contributed by atoms with van der Waals surface area (Å²) in [5.74, 6) is 1.61. The molecule has 3 rings (SSSR count). The molecular formula is C17H18N4O3. The summed E-state index contributed by atoms with van der Waals surface area (Å²) in [5.41, 5.74) is 2.64. The molecular weight excluding hydrogens is 308 g/mol. The average Bonchev–Trinajstić information content (AvgIpc) is 2.96. The maximum absolute atomic E-state index is 10.8.